The fourth-order valence-electron chi connectivity index (χ4n) is 2.56. The number of rotatable bonds is 2. The van der Waals surface area contributed by atoms with Crippen molar-refractivity contribution < 1.29 is 9.53 Å². The molecule has 1 saturated heterocycles. The maximum atomic E-state index is 11.7. The van der Waals surface area contributed by atoms with Gasteiger partial charge in [0.25, 0.3) is 0 Å². The Morgan fingerprint density at radius 1 is 1.29 bits per heavy atom. The van der Waals surface area contributed by atoms with Crippen LogP contribution in [0, 0.1) is 0 Å². The van der Waals surface area contributed by atoms with E-state index in [1.54, 1.807) is 11.1 Å². The number of hydrogen-bond acceptors (Lipinski definition) is 5. The molecular weight excluding hydrogens is 268 g/mol. The van der Waals surface area contributed by atoms with Crippen molar-refractivity contribution in [2.24, 2.45) is 0 Å². The highest BCUT2D eigenvalue weighted by atomic mass is 16.6. The maximum Gasteiger partial charge on any atom is 0.409 e. The molecule has 21 heavy (non-hydrogen) atoms. The summed E-state index contributed by atoms with van der Waals surface area (Å²) < 4.78 is 5.04. The third kappa shape index (κ3) is 2.74. The Hall–Kier alpha value is -2.37. The van der Waals surface area contributed by atoms with Gasteiger partial charge >= 0.3 is 6.09 Å². The van der Waals surface area contributed by atoms with Crippen LogP contribution in [0.1, 0.15) is 6.92 Å². The summed E-state index contributed by atoms with van der Waals surface area (Å²) >= 11 is 0. The number of nitrogens with zero attached hydrogens (tertiary/aromatic N) is 4. The van der Waals surface area contributed by atoms with Crippen LogP contribution < -0.4 is 4.90 Å². The smallest absolute Gasteiger partial charge is 0.409 e. The Kier molecular flexibility index (Phi) is 3.85. The lowest BCUT2D eigenvalue weighted by Crippen LogP contribution is -2.49. The quantitative estimate of drug-likeness (QED) is 0.844. The Morgan fingerprint density at radius 2 is 2.10 bits per heavy atom. The maximum absolute atomic E-state index is 11.7. The number of aromatic nitrogens is 2. The molecule has 1 aliphatic rings. The average molecular weight is 286 g/mol. The zero-order chi connectivity index (χ0) is 14.7. The van der Waals surface area contributed by atoms with E-state index in [1.165, 1.54) is 0 Å². The van der Waals surface area contributed by atoms with Crippen molar-refractivity contribution in [3.63, 3.8) is 0 Å². The highest BCUT2D eigenvalue weighted by Gasteiger charge is 2.23. The van der Waals surface area contributed by atoms with E-state index in [0.29, 0.717) is 19.7 Å². The molecule has 1 amide bonds. The number of ether oxygens (including phenoxy) is 1. The van der Waals surface area contributed by atoms with Crippen LogP contribution in [-0.4, -0.2) is 53.7 Å². The minimum atomic E-state index is -0.230. The van der Waals surface area contributed by atoms with Gasteiger partial charge in [0.1, 0.15) is 0 Å². The van der Waals surface area contributed by atoms with Crippen LogP contribution in [0.15, 0.2) is 30.7 Å². The van der Waals surface area contributed by atoms with Crippen molar-refractivity contribution in [2.45, 2.75) is 6.92 Å². The van der Waals surface area contributed by atoms with Gasteiger partial charge in [-0.2, -0.15) is 0 Å². The van der Waals surface area contributed by atoms with Crippen LogP contribution in [0.25, 0.3) is 10.9 Å². The predicted molar refractivity (Wildman–Crippen MR) is 80.3 cm³/mol. The van der Waals surface area contributed by atoms with Crippen LogP contribution in [0.3, 0.4) is 0 Å². The van der Waals surface area contributed by atoms with Gasteiger partial charge in [0.15, 0.2) is 0 Å². The van der Waals surface area contributed by atoms with E-state index in [2.05, 4.69) is 14.9 Å². The lowest BCUT2D eigenvalue weighted by Gasteiger charge is -2.35. The second-order valence-corrected chi connectivity index (χ2v) is 4.91. The van der Waals surface area contributed by atoms with Crippen molar-refractivity contribution in [1.29, 1.82) is 0 Å². The van der Waals surface area contributed by atoms with Gasteiger partial charge in [0.2, 0.25) is 0 Å². The van der Waals surface area contributed by atoms with Gasteiger partial charge in [0, 0.05) is 44.0 Å². The van der Waals surface area contributed by atoms with Gasteiger partial charge in [0.05, 0.1) is 24.0 Å². The minimum Gasteiger partial charge on any atom is -0.450 e. The molecule has 0 N–H and O–H groups in total. The summed E-state index contributed by atoms with van der Waals surface area (Å²) in [5.41, 5.74) is 1.98. The van der Waals surface area contributed by atoms with Gasteiger partial charge in [-0.1, -0.05) is 0 Å². The zero-order valence-corrected chi connectivity index (χ0v) is 12.0. The normalized spacial score (nSPS) is 15.3. The monoisotopic (exact) mass is 286 g/mol. The van der Waals surface area contributed by atoms with Crippen molar-refractivity contribution in [1.82, 2.24) is 14.9 Å². The molecule has 0 radical (unpaired) electrons. The van der Waals surface area contributed by atoms with E-state index in [0.717, 1.165) is 29.7 Å². The summed E-state index contributed by atoms with van der Waals surface area (Å²) in [6.45, 7) is 5.06. The molecule has 110 valence electrons. The molecule has 2 aromatic heterocycles. The molecule has 0 atom stereocenters. The van der Waals surface area contributed by atoms with Crippen molar-refractivity contribution in [2.75, 3.05) is 37.7 Å². The molecule has 0 saturated carbocycles. The predicted octanol–water partition coefficient (Wildman–Crippen LogP) is 1.91. The summed E-state index contributed by atoms with van der Waals surface area (Å²) in [6, 6.07) is 3.92. The molecule has 2 aromatic rings. The van der Waals surface area contributed by atoms with Gasteiger partial charge in [-0.05, 0) is 19.1 Å². The van der Waals surface area contributed by atoms with Crippen molar-refractivity contribution in [3.8, 4) is 0 Å². The Bertz CT molecular complexity index is 633. The molecule has 0 unspecified atom stereocenters. The van der Waals surface area contributed by atoms with Gasteiger partial charge in [-0.3, -0.25) is 9.97 Å². The number of pyridine rings is 2. The van der Waals surface area contributed by atoms with E-state index in [1.807, 2.05) is 31.5 Å². The first-order valence-corrected chi connectivity index (χ1v) is 7.15. The summed E-state index contributed by atoms with van der Waals surface area (Å²) in [4.78, 5) is 24.4. The van der Waals surface area contributed by atoms with E-state index in [-0.39, 0.29) is 6.09 Å². The summed E-state index contributed by atoms with van der Waals surface area (Å²) in [7, 11) is 0. The van der Waals surface area contributed by atoms with E-state index in [4.69, 9.17) is 4.74 Å². The number of hydrogen-bond donors (Lipinski definition) is 0. The average Bonchev–Trinajstić information content (AvgIpc) is 2.55. The molecule has 0 spiro atoms. The number of amides is 1. The van der Waals surface area contributed by atoms with Gasteiger partial charge < -0.3 is 14.5 Å². The van der Waals surface area contributed by atoms with E-state index < -0.39 is 0 Å². The first-order valence-electron chi connectivity index (χ1n) is 7.15. The molecular formula is C15H18N4O2. The molecule has 0 bridgehead atoms. The highest BCUT2D eigenvalue weighted by Crippen LogP contribution is 2.24. The number of carbonyl (C=O) groups excluding carboxylic acids is 1. The molecule has 1 fully saturated rings. The topological polar surface area (TPSA) is 58.6 Å². The van der Waals surface area contributed by atoms with Crippen molar-refractivity contribution in [3.05, 3.63) is 30.7 Å². The minimum absolute atomic E-state index is 0.230. The zero-order valence-electron chi connectivity index (χ0n) is 12.0. The first-order chi connectivity index (χ1) is 10.3. The molecule has 3 heterocycles. The third-order valence-electron chi connectivity index (χ3n) is 3.64. The molecule has 6 heteroatoms. The Labute approximate surface area is 123 Å². The second kappa shape index (κ2) is 5.95. The number of anilines is 1. The highest BCUT2D eigenvalue weighted by molar-refractivity contribution is 5.89. The van der Waals surface area contributed by atoms with Gasteiger partial charge in [-0.15, -0.1) is 0 Å². The Balaban J connectivity index is 1.76. The van der Waals surface area contributed by atoms with Crippen LogP contribution in [-0.2, 0) is 4.74 Å². The summed E-state index contributed by atoms with van der Waals surface area (Å²) in [5.74, 6) is 0. The van der Waals surface area contributed by atoms with Crippen LogP contribution in [0.5, 0.6) is 0 Å². The lowest BCUT2D eigenvalue weighted by atomic mass is 10.2. The number of fused-ring (bicyclic) bond motifs is 1. The second-order valence-electron chi connectivity index (χ2n) is 4.91. The Morgan fingerprint density at radius 3 is 2.86 bits per heavy atom. The summed E-state index contributed by atoms with van der Waals surface area (Å²) in [5, 5.41) is 1.03. The fourth-order valence-corrected chi connectivity index (χ4v) is 2.56. The van der Waals surface area contributed by atoms with Gasteiger partial charge in [-0.25, -0.2) is 4.79 Å². The summed E-state index contributed by atoms with van der Waals surface area (Å²) in [6.07, 6.45) is 5.22. The fraction of sp³-hybridized carbons (Fsp3) is 0.400. The van der Waals surface area contributed by atoms with E-state index >= 15 is 0 Å². The largest absolute Gasteiger partial charge is 0.450 e. The van der Waals surface area contributed by atoms with Crippen LogP contribution >= 0.6 is 0 Å². The van der Waals surface area contributed by atoms with E-state index in [9.17, 15) is 4.79 Å². The third-order valence-corrected chi connectivity index (χ3v) is 3.64. The molecule has 0 aliphatic carbocycles. The van der Waals surface area contributed by atoms with Crippen LogP contribution in [0.2, 0.25) is 0 Å². The van der Waals surface area contributed by atoms with Crippen LogP contribution in [0.4, 0.5) is 10.5 Å². The number of piperazine rings is 1. The molecule has 0 aromatic carbocycles. The lowest BCUT2D eigenvalue weighted by molar-refractivity contribution is 0.105. The first kappa shape index (κ1) is 13.6. The molecule has 6 nitrogen and oxygen atoms in total. The SMILES string of the molecule is CCOC(=O)N1CCN(c2cncc3cccnc23)CC1. The van der Waals surface area contributed by atoms with Crippen molar-refractivity contribution >= 4 is 22.7 Å². The molecule has 3 rings (SSSR count). The molecule has 1 aliphatic heterocycles. The number of carbonyl (C=O) groups is 1. The standard InChI is InChI=1S/C15H18N4O2/c1-2-21-15(20)19-8-6-18(7-9-19)13-11-16-10-12-4-3-5-17-14(12)13/h3-5,10-11H,2,6-9H2,1H3.